The summed E-state index contributed by atoms with van der Waals surface area (Å²) in [4.78, 5) is 41.7. The van der Waals surface area contributed by atoms with Crippen molar-refractivity contribution in [2.75, 3.05) is 22.9 Å². The summed E-state index contributed by atoms with van der Waals surface area (Å²) in [7, 11) is 0. The van der Waals surface area contributed by atoms with Gasteiger partial charge in [0.05, 0.1) is 25.2 Å². The first-order valence-corrected chi connectivity index (χ1v) is 21.0. The molecule has 5 aliphatic heterocycles. The lowest BCUT2D eigenvalue weighted by Gasteiger charge is -2.66. The molecule has 2 amide bonds. The Kier molecular flexibility index (Phi) is 7.88. The Morgan fingerprint density at radius 3 is 1.32 bits per heavy atom. The van der Waals surface area contributed by atoms with Crippen LogP contribution in [0.2, 0.25) is 0 Å². The molecule has 0 aromatic heterocycles. The van der Waals surface area contributed by atoms with E-state index in [0.717, 1.165) is 66.5 Å². The zero-order valence-electron chi connectivity index (χ0n) is 30.6. The number of benzene rings is 6. The third-order valence-corrected chi connectivity index (χ3v) is 14.1. The fourth-order valence-corrected chi connectivity index (χ4v) is 11.7. The summed E-state index contributed by atoms with van der Waals surface area (Å²) in [6.45, 7) is 2.12. The van der Waals surface area contributed by atoms with E-state index in [4.69, 9.17) is 0 Å². The number of carbonyl (C=O) groups is 2. The number of hydrogen-bond donors (Lipinski definition) is 0. The average molecular weight is 863 g/mol. The fraction of sp³-hybridized carbons (Fsp3) is 0.208. The summed E-state index contributed by atoms with van der Waals surface area (Å²) in [6, 6.07) is 49.6. The van der Waals surface area contributed by atoms with E-state index in [1.807, 2.05) is 46.2 Å². The molecule has 6 nitrogen and oxygen atoms in total. The molecule has 0 radical (unpaired) electrons. The number of halogens is 2. The number of amides is 2. The molecule has 56 heavy (non-hydrogen) atoms. The quantitative estimate of drug-likeness (QED) is 0.177. The van der Waals surface area contributed by atoms with Gasteiger partial charge in [0.15, 0.2) is 0 Å². The van der Waals surface area contributed by atoms with Crippen LogP contribution in [0, 0.1) is 0 Å². The van der Waals surface area contributed by atoms with Crippen LogP contribution in [0.1, 0.15) is 56.6 Å². The molecule has 5 aliphatic rings. The van der Waals surface area contributed by atoms with Crippen molar-refractivity contribution in [1.29, 1.82) is 0 Å². The van der Waals surface area contributed by atoms with Gasteiger partial charge in [-0.1, -0.05) is 141 Å². The highest BCUT2D eigenvalue weighted by molar-refractivity contribution is 9.10. The minimum absolute atomic E-state index is 0.0569. The van der Waals surface area contributed by atoms with E-state index in [1.165, 1.54) is 11.1 Å². The molecule has 8 heteroatoms. The van der Waals surface area contributed by atoms with Gasteiger partial charge < -0.3 is 9.80 Å². The third kappa shape index (κ3) is 4.61. The van der Waals surface area contributed by atoms with Crippen molar-refractivity contribution >= 4 is 55.0 Å². The molecule has 1 saturated heterocycles. The van der Waals surface area contributed by atoms with Gasteiger partial charge in [0.2, 0.25) is 0 Å². The largest absolute Gasteiger partial charge is 0.306 e. The third-order valence-electron chi connectivity index (χ3n) is 13.1. The van der Waals surface area contributed by atoms with Crippen LogP contribution in [0.25, 0.3) is 0 Å². The Bertz CT molecular complexity index is 2400. The van der Waals surface area contributed by atoms with Gasteiger partial charge in [0.25, 0.3) is 11.8 Å². The van der Waals surface area contributed by atoms with Gasteiger partial charge in [-0.05, 0) is 82.6 Å². The lowest BCUT2D eigenvalue weighted by Crippen LogP contribution is -2.76. The van der Waals surface area contributed by atoms with E-state index in [9.17, 15) is 0 Å². The van der Waals surface area contributed by atoms with E-state index < -0.39 is 23.2 Å². The monoisotopic (exact) mass is 860 g/mol. The maximum absolute atomic E-state index is 16.3. The minimum atomic E-state index is -1.15. The van der Waals surface area contributed by atoms with Crippen molar-refractivity contribution in [3.05, 3.63) is 199 Å². The molecule has 11 rings (SSSR count). The van der Waals surface area contributed by atoms with Crippen molar-refractivity contribution in [1.82, 2.24) is 9.80 Å². The maximum atomic E-state index is 16.3. The van der Waals surface area contributed by atoms with Gasteiger partial charge in [-0.3, -0.25) is 19.4 Å². The Labute approximate surface area is 343 Å². The van der Waals surface area contributed by atoms with E-state index in [2.05, 4.69) is 151 Å². The van der Waals surface area contributed by atoms with E-state index >= 15 is 9.59 Å². The van der Waals surface area contributed by atoms with Gasteiger partial charge in [0, 0.05) is 44.5 Å². The molecule has 0 N–H and O–H groups in total. The van der Waals surface area contributed by atoms with Crippen LogP contribution >= 0.6 is 31.9 Å². The van der Waals surface area contributed by atoms with Crippen LogP contribution in [0.5, 0.6) is 0 Å². The molecule has 6 aromatic rings. The number of piperazine rings is 1. The number of fused-ring (bicyclic) bond motifs is 14. The van der Waals surface area contributed by atoms with Gasteiger partial charge in [0.1, 0.15) is 11.1 Å². The summed E-state index contributed by atoms with van der Waals surface area (Å²) in [6.07, 6.45) is 1.53. The van der Waals surface area contributed by atoms with E-state index in [1.54, 1.807) is 0 Å². The molecular formula is C48H38Br2N4O2. The highest BCUT2D eigenvalue weighted by Gasteiger charge is 2.75. The molecule has 0 saturated carbocycles. The molecule has 4 atom stereocenters. The van der Waals surface area contributed by atoms with Gasteiger partial charge in [-0.2, -0.15) is 0 Å². The van der Waals surface area contributed by atoms with Crippen LogP contribution in [-0.4, -0.2) is 34.7 Å². The molecule has 6 aromatic carbocycles. The Morgan fingerprint density at radius 2 is 0.893 bits per heavy atom. The van der Waals surface area contributed by atoms with Gasteiger partial charge in [-0.25, -0.2) is 0 Å². The van der Waals surface area contributed by atoms with Gasteiger partial charge in [-0.15, -0.1) is 0 Å². The fourth-order valence-electron chi connectivity index (χ4n) is 11.0. The highest BCUT2D eigenvalue weighted by atomic mass is 79.9. The Balaban J connectivity index is 1.24. The van der Waals surface area contributed by atoms with Crippen molar-refractivity contribution in [2.45, 2.75) is 49.1 Å². The summed E-state index contributed by atoms with van der Waals surface area (Å²) in [5, 5.41) is 0. The second-order valence-corrected chi connectivity index (χ2v) is 17.5. The SMILES string of the molecule is O=C1N(Cc2ccccc2)c2ccc(Br)cc2[C@]12[C@H]1c3ccccc3CCN1[C@]1(C(=O)N(Cc3ccccc3)c3ccc(Br)cc31)[C@H]1c3ccccc3CCN12. The summed E-state index contributed by atoms with van der Waals surface area (Å²) < 4.78 is 1.85. The lowest BCUT2D eigenvalue weighted by atomic mass is 9.62. The highest BCUT2D eigenvalue weighted by Crippen LogP contribution is 2.69. The molecule has 276 valence electrons. The lowest BCUT2D eigenvalue weighted by molar-refractivity contribution is -0.192. The summed E-state index contributed by atoms with van der Waals surface area (Å²) >= 11 is 7.73. The van der Waals surface area contributed by atoms with Crippen molar-refractivity contribution in [3.63, 3.8) is 0 Å². The van der Waals surface area contributed by atoms with Crippen LogP contribution < -0.4 is 9.80 Å². The van der Waals surface area contributed by atoms with Crippen molar-refractivity contribution in [3.8, 4) is 0 Å². The van der Waals surface area contributed by atoms with Crippen LogP contribution in [0.4, 0.5) is 11.4 Å². The molecular weight excluding hydrogens is 824 g/mol. The van der Waals surface area contributed by atoms with Gasteiger partial charge >= 0.3 is 0 Å². The summed E-state index contributed by atoms with van der Waals surface area (Å²) in [5.41, 5.74) is 8.35. The number of hydrogen-bond acceptors (Lipinski definition) is 4. The second-order valence-electron chi connectivity index (χ2n) is 15.7. The predicted octanol–water partition coefficient (Wildman–Crippen LogP) is 9.61. The van der Waals surface area contributed by atoms with Crippen LogP contribution in [0.3, 0.4) is 0 Å². The zero-order chi connectivity index (χ0) is 37.8. The predicted molar refractivity (Wildman–Crippen MR) is 226 cm³/mol. The Hall–Kier alpha value is -4.86. The first-order chi connectivity index (χ1) is 27.4. The van der Waals surface area contributed by atoms with E-state index in [-0.39, 0.29) is 11.8 Å². The normalized spacial score (nSPS) is 24.8. The standard InChI is InChI=1S/C48H38Br2N4O2/c49-35-19-21-41-39(27-35)47(45(55)51(41)29-31-11-3-1-4-12-31)43-37-17-9-7-15-33(37)24-26-54(43)48(44-38-18-10-8-16-34(38)23-25-53(44)47)40-28-36(50)20-22-42(40)52(46(48)56)30-32-13-5-2-6-14-32/h1-22,27-28,43-44H,23-26,29-30H2/t43-,44-,47+,48+/m1/s1. The average Bonchev–Trinajstić information content (AvgIpc) is 3.60. The molecule has 1 fully saturated rings. The molecule has 0 unspecified atom stereocenters. The zero-order valence-corrected chi connectivity index (χ0v) is 33.8. The molecule has 5 heterocycles. The number of nitrogens with zero attached hydrogens (tertiary/aromatic N) is 4. The van der Waals surface area contributed by atoms with Crippen molar-refractivity contribution < 1.29 is 9.59 Å². The summed E-state index contributed by atoms with van der Waals surface area (Å²) in [5.74, 6) is 0.114. The molecule has 2 spiro atoms. The maximum Gasteiger partial charge on any atom is 0.254 e. The Morgan fingerprint density at radius 1 is 0.500 bits per heavy atom. The topological polar surface area (TPSA) is 47.1 Å². The minimum Gasteiger partial charge on any atom is -0.306 e. The first-order valence-electron chi connectivity index (χ1n) is 19.4. The van der Waals surface area contributed by atoms with Crippen LogP contribution in [0.15, 0.2) is 155 Å². The van der Waals surface area contributed by atoms with Crippen LogP contribution in [-0.2, 0) is 46.6 Å². The number of anilines is 2. The van der Waals surface area contributed by atoms with Crippen molar-refractivity contribution in [2.24, 2.45) is 0 Å². The van der Waals surface area contributed by atoms with E-state index in [0.29, 0.717) is 26.2 Å². The first kappa shape index (κ1) is 34.4. The second kappa shape index (κ2) is 12.8. The number of rotatable bonds is 4. The molecule has 0 aliphatic carbocycles. The molecule has 0 bridgehead atoms. The number of carbonyl (C=O) groups excluding carboxylic acids is 2. The smallest absolute Gasteiger partial charge is 0.254 e.